The van der Waals surface area contributed by atoms with Crippen molar-refractivity contribution in [3.05, 3.63) is 57.8 Å². The first-order valence-electron chi connectivity index (χ1n) is 11.8. The molecule has 0 fully saturated rings. The molecule has 0 saturated heterocycles. The number of aryl methyl sites for hydroxylation is 1. The molecule has 172 valence electrons. The van der Waals surface area contributed by atoms with E-state index in [-0.39, 0.29) is 5.04 Å². The SMILES string of the molecule is C=CCOc1c(C[Si](C)(C)C2=C(C)C(C)=C(C)C2C)cc(C)cc1[Si](C)(C)C(C)(C)C. The highest BCUT2D eigenvalue weighted by atomic mass is 28.3. The van der Waals surface area contributed by atoms with Gasteiger partial charge in [0, 0.05) is 0 Å². The predicted octanol–water partition coefficient (Wildman–Crippen LogP) is 7.91. The van der Waals surface area contributed by atoms with E-state index >= 15 is 0 Å². The maximum Gasteiger partial charge on any atom is 0.121 e. The van der Waals surface area contributed by atoms with Crippen molar-refractivity contribution in [1.29, 1.82) is 0 Å². The second kappa shape index (κ2) is 8.90. The van der Waals surface area contributed by atoms with Gasteiger partial charge in [-0.2, -0.15) is 0 Å². The third-order valence-electron chi connectivity index (χ3n) is 8.21. The molecule has 1 atom stereocenters. The predicted molar refractivity (Wildman–Crippen MR) is 145 cm³/mol. The van der Waals surface area contributed by atoms with Crippen molar-refractivity contribution < 1.29 is 4.74 Å². The van der Waals surface area contributed by atoms with E-state index in [1.165, 1.54) is 21.9 Å². The summed E-state index contributed by atoms with van der Waals surface area (Å²) in [4.78, 5) is 0. The first-order chi connectivity index (χ1) is 14.1. The monoisotopic (exact) mass is 454 g/mol. The summed E-state index contributed by atoms with van der Waals surface area (Å²) in [6.45, 7) is 33.4. The molecule has 31 heavy (non-hydrogen) atoms. The Balaban J connectivity index is 2.65. The molecular formula is C28H46OSi2. The van der Waals surface area contributed by atoms with E-state index in [4.69, 9.17) is 4.74 Å². The van der Waals surface area contributed by atoms with Gasteiger partial charge in [0.1, 0.15) is 12.4 Å². The van der Waals surface area contributed by atoms with Crippen LogP contribution >= 0.6 is 0 Å². The van der Waals surface area contributed by atoms with Crippen LogP contribution in [0.4, 0.5) is 0 Å². The Kier molecular flexibility index (Phi) is 7.44. The van der Waals surface area contributed by atoms with E-state index < -0.39 is 16.1 Å². The lowest BCUT2D eigenvalue weighted by Gasteiger charge is -2.39. The first-order valence-corrected chi connectivity index (χ1v) is 18.0. The maximum absolute atomic E-state index is 6.47. The van der Waals surface area contributed by atoms with E-state index in [1.807, 2.05) is 6.08 Å². The van der Waals surface area contributed by atoms with Crippen molar-refractivity contribution in [3.63, 3.8) is 0 Å². The van der Waals surface area contributed by atoms with Crippen LogP contribution in [-0.4, -0.2) is 22.8 Å². The maximum atomic E-state index is 6.47. The standard InChI is InChI=1S/C28H46OSi2/c1-14-15-29-26-24(16-19(2)17-25(26)31(12,13)28(7,8)9)18-30(10,11)27-22(5)20(3)21(4)23(27)6/h14,16-17,22H,1,15,18H2,2-13H3. The Hall–Kier alpha value is -1.33. The van der Waals surface area contributed by atoms with Crippen LogP contribution in [-0.2, 0) is 6.04 Å². The molecule has 1 aliphatic rings. The van der Waals surface area contributed by atoms with Gasteiger partial charge in [0.15, 0.2) is 0 Å². The van der Waals surface area contributed by atoms with Crippen LogP contribution in [0.2, 0.25) is 31.2 Å². The van der Waals surface area contributed by atoms with Crippen molar-refractivity contribution >= 4 is 21.3 Å². The van der Waals surface area contributed by atoms with Gasteiger partial charge in [-0.25, -0.2) is 0 Å². The van der Waals surface area contributed by atoms with Gasteiger partial charge in [0.05, 0.1) is 16.1 Å². The summed E-state index contributed by atoms with van der Waals surface area (Å²) in [5.74, 6) is 1.73. The number of ether oxygens (including phenoxy) is 1. The van der Waals surface area contributed by atoms with E-state index in [0.717, 1.165) is 11.8 Å². The zero-order chi connectivity index (χ0) is 23.9. The van der Waals surface area contributed by atoms with Gasteiger partial charge in [-0.05, 0) is 61.0 Å². The van der Waals surface area contributed by atoms with E-state index in [2.05, 4.69) is 100 Å². The Morgan fingerprint density at radius 1 is 1.00 bits per heavy atom. The molecule has 0 spiro atoms. The van der Waals surface area contributed by atoms with Crippen LogP contribution in [0.15, 0.2) is 46.7 Å². The number of hydrogen-bond donors (Lipinski definition) is 0. The summed E-state index contributed by atoms with van der Waals surface area (Å²) >= 11 is 0. The third-order valence-corrected chi connectivity index (χ3v) is 17.2. The highest BCUT2D eigenvalue weighted by molar-refractivity contribution is 6.92. The molecular weight excluding hydrogens is 408 g/mol. The summed E-state index contributed by atoms with van der Waals surface area (Å²) in [7, 11) is -3.45. The minimum Gasteiger partial charge on any atom is -0.489 e. The van der Waals surface area contributed by atoms with Gasteiger partial charge >= 0.3 is 0 Å². The molecule has 1 aromatic rings. The number of allylic oxidation sites excluding steroid dienone is 4. The van der Waals surface area contributed by atoms with Gasteiger partial charge in [-0.1, -0.05) is 101 Å². The van der Waals surface area contributed by atoms with Gasteiger partial charge in [-0.3, -0.25) is 0 Å². The molecule has 0 N–H and O–H groups in total. The molecule has 1 nitrogen and oxygen atoms in total. The Morgan fingerprint density at radius 2 is 1.58 bits per heavy atom. The Morgan fingerprint density at radius 3 is 2.03 bits per heavy atom. The lowest BCUT2D eigenvalue weighted by atomic mass is 10.1. The van der Waals surface area contributed by atoms with Crippen LogP contribution in [0.5, 0.6) is 5.75 Å². The van der Waals surface area contributed by atoms with Gasteiger partial charge < -0.3 is 4.74 Å². The fraction of sp³-hybridized carbons (Fsp3) is 0.571. The molecule has 0 radical (unpaired) electrons. The Bertz CT molecular complexity index is 923. The van der Waals surface area contributed by atoms with Crippen molar-refractivity contribution in [2.24, 2.45) is 5.92 Å². The smallest absolute Gasteiger partial charge is 0.121 e. The molecule has 0 saturated carbocycles. The van der Waals surface area contributed by atoms with Crippen molar-refractivity contribution in [3.8, 4) is 5.75 Å². The van der Waals surface area contributed by atoms with E-state index in [0.29, 0.717) is 12.5 Å². The normalized spacial score (nSPS) is 18.1. The molecule has 0 aliphatic heterocycles. The highest BCUT2D eigenvalue weighted by Gasteiger charge is 2.41. The molecule has 1 aromatic carbocycles. The number of benzene rings is 1. The molecule has 1 aliphatic carbocycles. The average Bonchev–Trinajstić information content (AvgIpc) is 2.82. The summed E-state index contributed by atoms with van der Waals surface area (Å²) in [6.07, 6.45) is 1.88. The Labute approximate surface area is 194 Å². The topological polar surface area (TPSA) is 9.23 Å². The summed E-state index contributed by atoms with van der Waals surface area (Å²) < 4.78 is 6.47. The van der Waals surface area contributed by atoms with Crippen LogP contribution in [0.25, 0.3) is 0 Å². The summed E-state index contributed by atoms with van der Waals surface area (Å²) in [5, 5.41) is 3.46. The van der Waals surface area contributed by atoms with Gasteiger partial charge in [-0.15, -0.1) is 0 Å². The zero-order valence-corrected chi connectivity index (χ0v) is 24.3. The van der Waals surface area contributed by atoms with Crippen LogP contribution in [0, 0.1) is 12.8 Å². The molecule has 1 unspecified atom stereocenters. The molecule has 3 heteroatoms. The zero-order valence-electron chi connectivity index (χ0n) is 22.3. The lowest BCUT2D eigenvalue weighted by molar-refractivity contribution is 0.362. The van der Waals surface area contributed by atoms with Crippen molar-refractivity contribution in [2.75, 3.05) is 6.61 Å². The minimum atomic E-state index is -1.76. The molecule has 0 heterocycles. The van der Waals surface area contributed by atoms with Crippen molar-refractivity contribution in [2.45, 2.75) is 92.7 Å². The van der Waals surface area contributed by atoms with Gasteiger partial charge in [0.2, 0.25) is 0 Å². The minimum absolute atomic E-state index is 0.258. The second-order valence-electron chi connectivity index (χ2n) is 11.9. The molecule has 0 aromatic heterocycles. The fourth-order valence-electron chi connectivity index (χ4n) is 5.19. The number of rotatable bonds is 7. The van der Waals surface area contributed by atoms with Crippen LogP contribution < -0.4 is 9.92 Å². The van der Waals surface area contributed by atoms with Crippen LogP contribution in [0.1, 0.15) is 59.6 Å². The molecule has 0 amide bonds. The summed E-state index contributed by atoms with van der Waals surface area (Å²) in [5.41, 5.74) is 7.39. The van der Waals surface area contributed by atoms with Crippen molar-refractivity contribution in [1.82, 2.24) is 0 Å². The first kappa shape index (κ1) is 25.9. The number of hydrogen-bond acceptors (Lipinski definition) is 1. The molecule has 2 rings (SSSR count). The van der Waals surface area contributed by atoms with Crippen LogP contribution in [0.3, 0.4) is 0 Å². The molecule has 0 bridgehead atoms. The highest BCUT2D eigenvalue weighted by Crippen LogP contribution is 2.44. The quantitative estimate of drug-likeness (QED) is 0.300. The van der Waals surface area contributed by atoms with Gasteiger partial charge in [0.25, 0.3) is 0 Å². The summed E-state index contributed by atoms with van der Waals surface area (Å²) in [6, 6.07) is 5.93. The third kappa shape index (κ3) is 4.88. The fourth-order valence-corrected chi connectivity index (χ4v) is 11.4. The second-order valence-corrected chi connectivity index (χ2v) is 21.9. The van der Waals surface area contributed by atoms with E-state index in [1.54, 1.807) is 16.3 Å². The lowest BCUT2D eigenvalue weighted by Crippen LogP contribution is -2.50. The average molecular weight is 455 g/mol. The van der Waals surface area contributed by atoms with E-state index in [9.17, 15) is 0 Å². The largest absolute Gasteiger partial charge is 0.489 e.